The van der Waals surface area contributed by atoms with Crippen LogP contribution in [0.15, 0.2) is 30.3 Å². The lowest BCUT2D eigenvalue weighted by Crippen LogP contribution is -2.07. The molecule has 0 bridgehead atoms. The van der Waals surface area contributed by atoms with Crippen molar-refractivity contribution in [3.05, 3.63) is 38.9 Å². The van der Waals surface area contributed by atoms with E-state index in [0.29, 0.717) is 0 Å². The van der Waals surface area contributed by atoms with E-state index in [1.54, 1.807) is 0 Å². The molecule has 0 spiro atoms. The number of anilines is 1. The monoisotopic (exact) mass is 318 g/mol. The van der Waals surface area contributed by atoms with Crippen molar-refractivity contribution in [1.82, 2.24) is 0 Å². The van der Waals surface area contributed by atoms with E-state index in [-0.39, 0.29) is 0 Å². The molecule has 0 aliphatic rings. The molecule has 0 unspecified atom stereocenters. The number of nitrogen functional groups attached to an aromatic ring is 1. The Balaban J connectivity index is 2.73. The van der Waals surface area contributed by atoms with Crippen molar-refractivity contribution >= 4 is 50.7 Å². The molecule has 0 amide bonds. The van der Waals surface area contributed by atoms with Crippen molar-refractivity contribution in [2.75, 3.05) is 5.43 Å². The number of rotatable bonds is 1. The predicted octanol–water partition coefficient (Wildman–Crippen LogP) is 3.38. The van der Waals surface area contributed by atoms with E-state index in [1.807, 2.05) is 24.3 Å². The highest BCUT2D eigenvalue weighted by molar-refractivity contribution is 14.1. The van der Waals surface area contributed by atoms with Crippen LogP contribution >= 0.6 is 34.2 Å². The van der Waals surface area contributed by atoms with Crippen LogP contribution in [0.4, 0.5) is 5.69 Å². The van der Waals surface area contributed by atoms with Crippen LogP contribution in [0, 0.1) is 3.57 Å². The van der Waals surface area contributed by atoms with Gasteiger partial charge in [0.15, 0.2) is 0 Å². The molecule has 0 fully saturated rings. The second-order valence-electron chi connectivity index (χ2n) is 2.97. The molecular weight excluding hydrogens is 310 g/mol. The van der Waals surface area contributed by atoms with Crippen LogP contribution in [0.3, 0.4) is 0 Å². The summed E-state index contributed by atoms with van der Waals surface area (Å²) >= 11 is 8.14. The molecule has 0 aliphatic heterocycles. The smallest absolute Gasteiger partial charge is 0.0625 e. The first-order chi connectivity index (χ1) is 6.70. The third-order valence-electron chi connectivity index (χ3n) is 2.04. The van der Waals surface area contributed by atoms with Gasteiger partial charge in [0.2, 0.25) is 0 Å². The summed E-state index contributed by atoms with van der Waals surface area (Å²) in [5.74, 6) is 5.39. The summed E-state index contributed by atoms with van der Waals surface area (Å²) in [7, 11) is 0. The van der Waals surface area contributed by atoms with E-state index in [4.69, 9.17) is 17.4 Å². The zero-order chi connectivity index (χ0) is 10.1. The van der Waals surface area contributed by atoms with E-state index < -0.39 is 0 Å². The van der Waals surface area contributed by atoms with Crippen molar-refractivity contribution in [3.63, 3.8) is 0 Å². The Kier molecular flexibility index (Phi) is 2.80. The number of benzene rings is 2. The van der Waals surface area contributed by atoms with Crippen LogP contribution in [0.1, 0.15) is 0 Å². The van der Waals surface area contributed by atoms with Crippen molar-refractivity contribution in [1.29, 1.82) is 0 Å². The Bertz CT molecular complexity index is 485. The molecule has 2 aromatic rings. The summed E-state index contributed by atoms with van der Waals surface area (Å²) in [5, 5.41) is 2.99. The van der Waals surface area contributed by atoms with Gasteiger partial charge in [0.05, 0.1) is 5.69 Å². The summed E-state index contributed by atoms with van der Waals surface area (Å²) in [4.78, 5) is 0. The SMILES string of the molecule is NNc1cc2cc(Cl)ccc2cc1I. The fraction of sp³-hybridized carbons (Fsp3) is 0. The fourth-order valence-electron chi connectivity index (χ4n) is 1.35. The molecule has 0 atom stereocenters. The second kappa shape index (κ2) is 3.92. The van der Waals surface area contributed by atoms with Gasteiger partial charge < -0.3 is 5.43 Å². The first-order valence-corrected chi connectivity index (χ1v) is 5.52. The van der Waals surface area contributed by atoms with E-state index in [9.17, 15) is 0 Å². The second-order valence-corrected chi connectivity index (χ2v) is 4.57. The van der Waals surface area contributed by atoms with Crippen LogP contribution in [0.5, 0.6) is 0 Å². The lowest BCUT2D eigenvalue weighted by molar-refractivity contribution is 1.35. The molecule has 0 saturated heterocycles. The Hall–Kier alpha value is -0.520. The molecule has 0 aliphatic carbocycles. The molecule has 2 nitrogen and oxygen atoms in total. The topological polar surface area (TPSA) is 38.0 Å². The van der Waals surface area contributed by atoms with Gasteiger partial charge in [0, 0.05) is 8.59 Å². The zero-order valence-corrected chi connectivity index (χ0v) is 10.1. The maximum absolute atomic E-state index is 5.90. The molecule has 2 aromatic carbocycles. The summed E-state index contributed by atoms with van der Waals surface area (Å²) in [6, 6.07) is 9.87. The van der Waals surface area contributed by atoms with E-state index in [0.717, 1.165) is 25.1 Å². The molecule has 0 saturated carbocycles. The highest BCUT2D eigenvalue weighted by Gasteiger charge is 2.01. The largest absolute Gasteiger partial charge is 0.323 e. The summed E-state index contributed by atoms with van der Waals surface area (Å²) in [6.45, 7) is 0. The maximum Gasteiger partial charge on any atom is 0.0625 e. The van der Waals surface area contributed by atoms with Crippen LogP contribution in [0.25, 0.3) is 10.8 Å². The number of hydrazine groups is 1. The van der Waals surface area contributed by atoms with Crippen molar-refractivity contribution < 1.29 is 0 Å². The highest BCUT2D eigenvalue weighted by atomic mass is 127. The standard InChI is InChI=1S/C10H8ClIN2/c11-8-2-1-6-4-9(12)10(14-13)5-7(6)3-8/h1-5,14H,13H2. The minimum absolute atomic E-state index is 0.738. The highest BCUT2D eigenvalue weighted by Crippen LogP contribution is 2.26. The molecule has 0 radical (unpaired) electrons. The third-order valence-corrected chi connectivity index (χ3v) is 3.17. The van der Waals surface area contributed by atoms with Gasteiger partial charge in [-0.1, -0.05) is 17.7 Å². The van der Waals surface area contributed by atoms with Crippen molar-refractivity contribution in [2.45, 2.75) is 0 Å². The number of nitrogens with two attached hydrogens (primary N) is 1. The third kappa shape index (κ3) is 1.80. The minimum Gasteiger partial charge on any atom is -0.323 e. The predicted molar refractivity (Wildman–Crippen MR) is 69.5 cm³/mol. The number of hydrogen-bond donors (Lipinski definition) is 2. The Labute approximate surface area is 101 Å². The number of halogens is 2. The van der Waals surface area contributed by atoms with Gasteiger partial charge in [0.25, 0.3) is 0 Å². The Morgan fingerprint density at radius 3 is 2.64 bits per heavy atom. The zero-order valence-electron chi connectivity index (χ0n) is 7.22. The average molecular weight is 319 g/mol. The van der Waals surface area contributed by atoms with Crippen molar-refractivity contribution in [2.24, 2.45) is 5.84 Å². The minimum atomic E-state index is 0.738. The van der Waals surface area contributed by atoms with Gasteiger partial charge in [0.1, 0.15) is 0 Å². The van der Waals surface area contributed by atoms with Crippen LogP contribution < -0.4 is 11.3 Å². The van der Waals surface area contributed by atoms with Gasteiger partial charge in [-0.3, -0.25) is 5.84 Å². The summed E-state index contributed by atoms with van der Waals surface area (Å²) in [6.07, 6.45) is 0. The van der Waals surface area contributed by atoms with Gasteiger partial charge in [-0.15, -0.1) is 0 Å². The van der Waals surface area contributed by atoms with E-state index in [2.05, 4.69) is 34.1 Å². The molecule has 72 valence electrons. The van der Waals surface area contributed by atoms with Crippen molar-refractivity contribution in [3.8, 4) is 0 Å². The van der Waals surface area contributed by atoms with E-state index in [1.165, 1.54) is 0 Å². The quantitative estimate of drug-likeness (QED) is 0.480. The first kappa shape index (κ1) is 10.0. The molecule has 4 heteroatoms. The number of hydrogen-bond acceptors (Lipinski definition) is 2. The molecule has 2 rings (SSSR count). The van der Waals surface area contributed by atoms with Gasteiger partial charge in [-0.25, -0.2) is 0 Å². The van der Waals surface area contributed by atoms with Crippen LogP contribution in [-0.2, 0) is 0 Å². The number of nitrogens with one attached hydrogen (secondary N) is 1. The van der Waals surface area contributed by atoms with Crippen LogP contribution in [0.2, 0.25) is 5.02 Å². The normalized spacial score (nSPS) is 10.5. The summed E-state index contributed by atoms with van der Waals surface area (Å²) < 4.78 is 1.10. The fourth-order valence-corrected chi connectivity index (χ4v) is 2.18. The van der Waals surface area contributed by atoms with Gasteiger partial charge in [-0.2, -0.15) is 0 Å². The maximum atomic E-state index is 5.90. The molecule has 0 aromatic heterocycles. The lowest BCUT2D eigenvalue weighted by atomic mass is 10.1. The van der Waals surface area contributed by atoms with Gasteiger partial charge in [-0.05, 0) is 57.6 Å². The molecule has 14 heavy (non-hydrogen) atoms. The Morgan fingerprint density at radius 1 is 1.14 bits per heavy atom. The summed E-state index contributed by atoms with van der Waals surface area (Å²) in [5.41, 5.74) is 3.57. The molecule has 0 heterocycles. The molecular formula is C10H8ClIN2. The molecule has 3 N–H and O–H groups in total. The van der Waals surface area contributed by atoms with E-state index >= 15 is 0 Å². The lowest BCUT2D eigenvalue weighted by Gasteiger charge is -2.06. The number of fused-ring (bicyclic) bond motifs is 1. The van der Waals surface area contributed by atoms with Gasteiger partial charge >= 0.3 is 0 Å². The van der Waals surface area contributed by atoms with Crippen LogP contribution in [-0.4, -0.2) is 0 Å². The average Bonchev–Trinajstić information content (AvgIpc) is 2.17. The Morgan fingerprint density at radius 2 is 1.93 bits per heavy atom. The first-order valence-electron chi connectivity index (χ1n) is 4.06.